The molecule has 0 radical (unpaired) electrons. The van der Waals surface area contributed by atoms with Crippen molar-refractivity contribution in [2.45, 2.75) is 0 Å². The zero-order chi connectivity index (χ0) is 15.6. The van der Waals surface area contributed by atoms with E-state index in [-0.39, 0.29) is 5.91 Å². The maximum Gasteiger partial charge on any atom is 0.258 e. The first kappa shape index (κ1) is 13.4. The summed E-state index contributed by atoms with van der Waals surface area (Å²) >= 11 is 0. The molecule has 4 aromatic rings. The molecule has 0 bridgehead atoms. The summed E-state index contributed by atoms with van der Waals surface area (Å²) < 4.78 is 10.7. The van der Waals surface area contributed by atoms with Crippen LogP contribution in [0.2, 0.25) is 0 Å². The summed E-state index contributed by atoms with van der Waals surface area (Å²) in [6.45, 7) is 0. The van der Waals surface area contributed by atoms with Crippen LogP contribution in [0.1, 0.15) is 10.4 Å². The molecule has 0 unspecified atom stereocenters. The SMILES string of the molecule is O=C(Nc1ccc(-c2cc3ccccc3o2)cc1)c1ccoc1. The highest BCUT2D eigenvalue weighted by Gasteiger charge is 2.09. The van der Waals surface area contributed by atoms with Gasteiger partial charge in [0.2, 0.25) is 0 Å². The van der Waals surface area contributed by atoms with Crippen LogP contribution in [-0.4, -0.2) is 5.91 Å². The van der Waals surface area contributed by atoms with Crippen LogP contribution in [0, 0.1) is 0 Å². The minimum Gasteiger partial charge on any atom is -0.472 e. The Morgan fingerprint density at radius 3 is 2.52 bits per heavy atom. The summed E-state index contributed by atoms with van der Waals surface area (Å²) in [7, 11) is 0. The Labute approximate surface area is 132 Å². The van der Waals surface area contributed by atoms with Crippen LogP contribution in [0.3, 0.4) is 0 Å². The third-order valence-corrected chi connectivity index (χ3v) is 3.64. The molecule has 4 rings (SSSR count). The largest absolute Gasteiger partial charge is 0.472 e. The third-order valence-electron chi connectivity index (χ3n) is 3.64. The van der Waals surface area contributed by atoms with Gasteiger partial charge in [0, 0.05) is 16.6 Å². The van der Waals surface area contributed by atoms with Crippen molar-refractivity contribution in [1.29, 1.82) is 0 Å². The first-order valence-corrected chi connectivity index (χ1v) is 7.22. The quantitative estimate of drug-likeness (QED) is 0.583. The van der Waals surface area contributed by atoms with Crippen LogP contribution in [-0.2, 0) is 0 Å². The van der Waals surface area contributed by atoms with Crippen molar-refractivity contribution in [3.63, 3.8) is 0 Å². The molecule has 0 spiro atoms. The lowest BCUT2D eigenvalue weighted by molar-refractivity contribution is 0.102. The molecule has 0 saturated carbocycles. The lowest BCUT2D eigenvalue weighted by Crippen LogP contribution is -2.10. The smallest absolute Gasteiger partial charge is 0.258 e. The molecular weight excluding hydrogens is 290 g/mol. The van der Waals surface area contributed by atoms with Gasteiger partial charge in [-0.25, -0.2) is 0 Å². The molecule has 2 aromatic carbocycles. The molecule has 1 N–H and O–H groups in total. The van der Waals surface area contributed by atoms with Crippen LogP contribution in [0.25, 0.3) is 22.3 Å². The molecule has 0 atom stereocenters. The highest BCUT2D eigenvalue weighted by atomic mass is 16.3. The molecule has 0 fully saturated rings. The number of rotatable bonds is 3. The highest BCUT2D eigenvalue weighted by Crippen LogP contribution is 2.28. The van der Waals surface area contributed by atoms with Crippen LogP contribution < -0.4 is 5.32 Å². The normalized spacial score (nSPS) is 10.8. The number of hydrogen-bond acceptors (Lipinski definition) is 3. The van der Waals surface area contributed by atoms with Gasteiger partial charge in [0.15, 0.2) is 0 Å². The molecule has 112 valence electrons. The molecule has 4 nitrogen and oxygen atoms in total. The fourth-order valence-corrected chi connectivity index (χ4v) is 2.44. The van der Waals surface area contributed by atoms with E-state index >= 15 is 0 Å². The molecule has 0 saturated heterocycles. The zero-order valence-corrected chi connectivity index (χ0v) is 12.2. The Morgan fingerprint density at radius 2 is 1.78 bits per heavy atom. The maximum absolute atomic E-state index is 12.0. The van der Waals surface area contributed by atoms with Crippen LogP contribution in [0.5, 0.6) is 0 Å². The Morgan fingerprint density at radius 1 is 0.957 bits per heavy atom. The average molecular weight is 303 g/mol. The second kappa shape index (κ2) is 5.50. The van der Waals surface area contributed by atoms with Gasteiger partial charge in [-0.15, -0.1) is 0 Å². The molecule has 4 heteroatoms. The van der Waals surface area contributed by atoms with Gasteiger partial charge in [0.1, 0.15) is 17.6 Å². The van der Waals surface area contributed by atoms with E-state index in [0.29, 0.717) is 5.56 Å². The molecule has 23 heavy (non-hydrogen) atoms. The van der Waals surface area contributed by atoms with Gasteiger partial charge in [0.25, 0.3) is 5.91 Å². The van der Waals surface area contributed by atoms with Gasteiger partial charge in [-0.2, -0.15) is 0 Å². The summed E-state index contributed by atoms with van der Waals surface area (Å²) in [5, 5.41) is 3.89. The van der Waals surface area contributed by atoms with E-state index in [1.54, 1.807) is 6.07 Å². The van der Waals surface area contributed by atoms with Crippen molar-refractivity contribution in [3.05, 3.63) is 78.8 Å². The van der Waals surface area contributed by atoms with Gasteiger partial charge in [-0.1, -0.05) is 18.2 Å². The van der Waals surface area contributed by atoms with E-state index in [2.05, 4.69) is 5.32 Å². The van der Waals surface area contributed by atoms with Crippen molar-refractivity contribution in [3.8, 4) is 11.3 Å². The van der Waals surface area contributed by atoms with Gasteiger partial charge >= 0.3 is 0 Å². The zero-order valence-electron chi connectivity index (χ0n) is 12.2. The molecule has 0 aliphatic carbocycles. The summed E-state index contributed by atoms with van der Waals surface area (Å²) in [6.07, 6.45) is 2.89. The van der Waals surface area contributed by atoms with E-state index in [1.807, 2.05) is 54.6 Å². The number of anilines is 1. The summed E-state index contributed by atoms with van der Waals surface area (Å²) in [5.41, 5.74) is 3.03. The molecular formula is C19H13NO3. The van der Waals surface area contributed by atoms with Crippen LogP contribution in [0.15, 0.2) is 82.0 Å². The number of nitrogens with one attached hydrogen (secondary N) is 1. The first-order chi connectivity index (χ1) is 11.3. The molecule has 2 heterocycles. The summed E-state index contributed by atoms with van der Waals surface area (Å²) in [6, 6.07) is 19.1. The van der Waals surface area contributed by atoms with E-state index in [4.69, 9.17) is 8.83 Å². The molecule has 2 aromatic heterocycles. The molecule has 1 amide bonds. The van der Waals surface area contributed by atoms with Gasteiger partial charge in [-0.05, 0) is 42.5 Å². The monoisotopic (exact) mass is 303 g/mol. The second-order valence-electron chi connectivity index (χ2n) is 5.19. The minimum absolute atomic E-state index is 0.199. The van der Waals surface area contributed by atoms with Gasteiger partial charge in [0.05, 0.1) is 11.8 Å². The predicted molar refractivity (Wildman–Crippen MR) is 88.3 cm³/mol. The van der Waals surface area contributed by atoms with E-state index in [9.17, 15) is 4.79 Å². The van der Waals surface area contributed by atoms with Crippen molar-refractivity contribution in [2.24, 2.45) is 0 Å². The number of amides is 1. The van der Waals surface area contributed by atoms with Crippen LogP contribution in [0.4, 0.5) is 5.69 Å². The summed E-state index contributed by atoms with van der Waals surface area (Å²) in [4.78, 5) is 12.0. The number of furan rings is 2. The number of carbonyl (C=O) groups excluding carboxylic acids is 1. The third kappa shape index (κ3) is 2.62. The Hall–Kier alpha value is -3.27. The molecule has 0 aliphatic heterocycles. The number of benzene rings is 2. The second-order valence-corrected chi connectivity index (χ2v) is 5.19. The van der Waals surface area contributed by atoms with E-state index in [0.717, 1.165) is 28.0 Å². The average Bonchev–Trinajstić information content (AvgIpc) is 3.25. The van der Waals surface area contributed by atoms with Crippen molar-refractivity contribution in [1.82, 2.24) is 0 Å². The van der Waals surface area contributed by atoms with Crippen molar-refractivity contribution < 1.29 is 13.6 Å². The summed E-state index contributed by atoms with van der Waals surface area (Å²) in [5.74, 6) is 0.606. The standard InChI is InChI=1S/C19H13NO3/c21-19(15-9-10-22-12-15)20-16-7-5-13(6-8-16)18-11-14-3-1-2-4-17(14)23-18/h1-12H,(H,20,21). The predicted octanol–water partition coefficient (Wildman–Crippen LogP) is 4.95. The lowest BCUT2D eigenvalue weighted by Gasteiger charge is -2.04. The first-order valence-electron chi connectivity index (χ1n) is 7.22. The Balaban J connectivity index is 1.57. The van der Waals surface area contributed by atoms with Gasteiger partial charge < -0.3 is 14.2 Å². The lowest BCUT2D eigenvalue weighted by atomic mass is 10.1. The Bertz CT molecular complexity index is 917. The number of hydrogen-bond donors (Lipinski definition) is 1. The highest BCUT2D eigenvalue weighted by molar-refractivity contribution is 6.04. The topological polar surface area (TPSA) is 55.4 Å². The Kier molecular flexibility index (Phi) is 3.20. The number of para-hydroxylation sites is 1. The van der Waals surface area contributed by atoms with E-state index in [1.165, 1.54) is 12.5 Å². The molecule has 0 aliphatic rings. The fraction of sp³-hybridized carbons (Fsp3) is 0. The number of carbonyl (C=O) groups is 1. The number of fused-ring (bicyclic) bond motifs is 1. The minimum atomic E-state index is -0.199. The van der Waals surface area contributed by atoms with Crippen molar-refractivity contribution >= 4 is 22.6 Å². The van der Waals surface area contributed by atoms with Crippen molar-refractivity contribution in [2.75, 3.05) is 5.32 Å². The fourth-order valence-electron chi connectivity index (χ4n) is 2.44. The van der Waals surface area contributed by atoms with Gasteiger partial charge in [-0.3, -0.25) is 4.79 Å². The van der Waals surface area contributed by atoms with Crippen LogP contribution >= 0.6 is 0 Å². The maximum atomic E-state index is 12.0. The van der Waals surface area contributed by atoms with E-state index < -0.39 is 0 Å².